The Morgan fingerprint density at radius 3 is 2.65 bits per heavy atom. The summed E-state index contributed by atoms with van der Waals surface area (Å²) in [6.45, 7) is 10.8. The van der Waals surface area contributed by atoms with Crippen molar-refractivity contribution in [2.24, 2.45) is 11.3 Å². The minimum Gasteiger partial charge on any atom is -0.0987 e. The Kier molecular flexibility index (Phi) is 4.68. The van der Waals surface area contributed by atoms with Crippen LogP contribution in [0.3, 0.4) is 0 Å². The van der Waals surface area contributed by atoms with Crippen molar-refractivity contribution >= 4 is 22.6 Å². The Bertz CT molecular complexity index is 717. The van der Waals surface area contributed by atoms with E-state index in [-0.39, 0.29) is 5.41 Å². The first kappa shape index (κ1) is 16.8. The van der Waals surface area contributed by atoms with Crippen molar-refractivity contribution in [1.29, 1.82) is 0 Å². The van der Waals surface area contributed by atoms with E-state index in [0.717, 1.165) is 6.42 Å². The zero-order valence-corrected chi connectivity index (χ0v) is 16.5. The molecular formula is C22H25I. The second-order valence-corrected chi connectivity index (χ2v) is 8.44. The van der Waals surface area contributed by atoms with Crippen LogP contribution < -0.4 is 0 Å². The molecule has 120 valence electrons. The van der Waals surface area contributed by atoms with Gasteiger partial charge in [-0.2, -0.15) is 0 Å². The molecule has 0 bridgehead atoms. The molecule has 0 N–H and O–H groups in total. The van der Waals surface area contributed by atoms with Crippen molar-refractivity contribution in [3.05, 3.63) is 80.6 Å². The van der Waals surface area contributed by atoms with Crippen LogP contribution in [0.25, 0.3) is 0 Å². The van der Waals surface area contributed by atoms with E-state index in [1.165, 1.54) is 38.7 Å². The van der Waals surface area contributed by atoms with Crippen LogP contribution >= 0.6 is 22.6 Å². The van der Waals surface area contributed by atoms with Gasteiger partial charge in [0.15, 0.2) is 0 Å². The molecule has 0 spiro atoms. The third kappa shape index (κ3) is 2.88. The molecule has 0 aliphatic heterocycles. The Morgan fingerprint density at radius 1 is 1.26 bits per heavy atom. The second kappa shape index (κ2) is 6.43. The summed E-state index contributed by atoms with van der Waals surface area (Å²) in [6, 6.07) is 0. The van der Waals surface area contributed by atoms with Crippen LogP contribution in [0.15, 0.2) is 80.6 Å². The first-order chi connectivity index (χ1) is 11.0. The average molecular weight is 416 g/mol. The van der Waals surface area contributed by atoms with Crippen LogP contribution in [-0.4, -0.2) is 0 Å². The van der Waals surface area contributed by atoms with Crippen LogP contribution in [0.5, 0.6) is 0 Å². The van der Waals surface area contributed by atoms with E-state index in [9.17, 15) is 0 Å². The lowest BCUT2D eigenvalue weighted by Gasteiger charge is -2.29. The molecule has 3 aliphatic rings. The van der Waals surface area contributed by atoms with Gasteiger partial charge in [-0.1, -0.05) is 68.5 Å². The standard InChI is InChI=1S/C22H25I/c1-5-7-18-19-13-10-16(15-8-11-17(23)12-9-15)14-21(19)22(3,4)20(18)6-2/h5-8,11,13-14,16H,2,9-10,12H2,1,3-4H3/b7-5-. The van der Waals surface area contributed by atoms with E-state index in [0.29, 0.717) is 5.92 Å². The van der Waals surface area contributed by atoms with E-state index >= 15 is 0 Å². The first-order valence-electron chi connectivity index (χ1n) is 8.47. The van der Waals surface area contributed by atoms with Gasteiger partial charge in [0.05, 0.1) is 0 Å². The summed E-state index contributed by atoms with van der Waals surface area (Å²) >= 11 is 2.45. The van der Waals surface area contributed by atoms with E-state index in [1.54, 1.807) is 5.57 Å². The highest BCUT2D eigenvalue weighted by molar-refractivity contribution is 14.1. The zero-order valence-electron chi connectivity index (χ0n) is 14.3. The van der Waals surface area contributed by atoms with Crippen LogP contribution in [0.4, 0.5) is 0 Å². The summed E-state index contributed by atoms with van der Waals surface area (Å²) in [5, 5.41) is 0. The quantitative estimate of drug-likeness (QED) is 0.435. The van der Waals surface area contributed by atoms with Gasteiger partial charge >= 0.3 is 0 Å². The topological polar surface area (TPSA) is 0 Å². The molecule has 0 radical (unpaired) electrons. The molecule has 0 amide bonds. The van der Waals surface area contributed by atoms with Gasteiger partial charge in [-0.25, -0.2) is 0 Å². The van der Waals surface area contributed by atoms with Gasteiger partial charge in [0, 0.05) is 11.3 Å². The summed E-state index contributed by atoms with van der Waals surface area (Å²) in [5.74, 6) is 0.560. The van der Waals surface area contributed by atoms with Gasteiger partial charge in [-0.05, 0) is 74.6 Å². The molecule has 0 aromatic carbocycles. The van der Waals surface area contributed by atoms with Crippen LogP contribution in [-0.2, 0) is 0 Å². The average Bonchev–Trinajstić information content (AvgIpc) is 2.75. The first-order valence-corrected chi connectivity index (χ1v) is 9.55. The van der Waals surface area contributed by atoms with Crippen molar-refractivity contribution in [2.75, 3.05) is 0 Å². The predicted octanol–water partition coefficient (Wildman–Crippen LogP) is 7.00. The minimum atomic E-state index is 0.0561. The molecule has 0 aromatic heterocycles. The summed E-state index contributed by atoms with van der Waals surface area (Å²) in [5.41, 5.74) is 7.29. The third-order valence-corrected chi connectivity index (χ3v) is 6.20. The van der Waals surface area contributed by atoms with Crippen LogP contribution in [0.1, 0.15) is 40.0 Å². The molecule has 0 aromatic rings. The molecule has 1 atom stereocenters. The molecule has 0 nitrogen and oxygen atoms in total. The monoisotopic (exact) mass is 416 g/mol. The van der Waals surface area contributed by atoms with Crippen molar-refractivity contribution < 1.29 is 0 Å². The SMILES string of the molecule is C=CC1=C(/C=C\C)C2=CCC(C3=CC=C(I)CC3)C=C2C1(C)C. The molecule has 23 heavy (non-hydrogen) atoms. The Labute approximate surface area is 154 Å². The van der Waals surface area contributed by atoms with Gasteiger partial charge in [-0.15, -0.1) is 0 Å². The molecule has 0 heterocycles. The van der Waals surface area contributed by atoms with Crippen molar-refractivity contribution in [3.63, 3.8) is 0 Å². The number of hydrogen-bond acceptors (Lipinski definition) is 0. The number of rotatable bonds is 3. The van der Waals surface area contributed by atoms with Gasteiger partial charge < -0.3 is 0 Å². The Balaban J connectivity index is 2.01. The van der Waals surface area contributed by atoms with Gasteiger partial charge in [0.2, 0.25) is 0 Å². The molecule has 0 fully saturated rings. The molecular weight excluding hydrogens is 391 g/mol. The molecule has 1 heteroatoms. The molecule has 0 saturated carbocycles. The van der Waals surface area contributed by atoms with Crippen molar-refractivity contribution in [1.82, 2.24) is 0 Å². The summed E-state index contributed by atoms with van der Waals surface area (Å²) in [7, 11) is 0. The maximum atomic E-state index is 4.08. The summed E-state index contributed by atoms with van der Waals surface area (Å²) in [4.78, 5) is 0. The summed E-state index contributed by atoms with van der Waals surface area (Å²) < 4.78 is 1.47. The number of fused-ring (bicyclic) bond motifs is 1. The summed E-state index contributed by atoms with van der Waals surface area (Å²) in [6.07, 6.45) is 19.6. The third-order valence-electron chi connectivity index (χ3n) is 5.31. The largest absolute Gasteiger partial charge is 0.0987 e. The minimum absolute atomic E-state index is 0.0561. The van der Waals surface area contributed by atoms with Gasteiger partial charge in [-0.3, -0.25) is 0 Å². The fraction of sp³-hybridized carbons (Fsp3) is 0.364. The highest BCUT2D eigenvalue weighted by Gasteiger charge is 2.39. The lowest BCUT2D eigenvalue weighted by Crippen LogP contribution is -2.16. The van der Waals surface area contributed by atoms with Gasteiger partial charge in [0.1, 0.15) is 0 Å². The van der Waals surface area contributed by atoms with Gasteiger partial charge in [0.25, 0.3) is 0 Å². The molecule has 0 saturated heterocycles. The van der Waals surface area contributed by atoms with E-state index in [4.69, 9.17) is 0 Å². The fourth-order valence-corrected chi connectivity index (χ4v) is 4.50. The number of halogens is 1. The number of hydrogen-bond donors (Lipinski definition) is 0. The van der Waals surface area contributed by atoms with Crippen molar-refractivity contribution in [2.45, 2.75) is 40.0 Å². The highest BCUT2D eigenvalue weighted by atomic mass is 127. The predicted molar refractivity (Wildman–Crippen MR) is 110 cm³/mol. The maximum absolute atomic E-state index is 4.08. The van der Waals surface area contributed by atoms with E-state index < -0.39 is 0 Å². The molecule has 3 aliphatic carbocycles. The smallest absolute Gasteiger partial charge is 0.0155 e. The van der Waals surface area contributed by atoms with E-state index in [2.05, 4.69) is 92.5 Å². The lowest BCUT2D eigenvalue weighted by molar-refractivity contribution is 0.561. The van der Waals surface area contributed by atoms with Crippen molar-refractivity contribution in [3.8, 4) is 0 Å². The zero-order chi connectivity index (χ0) is 16.6. The fourth-order valence-electron chi connectivity index (χ4n) is 4.05. The number of allylic oxidation sites excluding steroid dienone is 13. The Morgan fingerprint density at radius 2 is 2.04 bits per heavy atom. The Hall–Kier alpha value is -1.09. The molecule has 3 rings (SSSR count). The maximum Gasteiger partial charge on any atom is 0.0155 e. The van der Waals surface area contributed by atoms with Crippen LogP contribution in [0.2, 0.25) is 0 Å². The lowest BCUT2D eigenvalue weighted by atomic mass is 9.75. The normalized spacial score (nSPS) is 26.5. The second-order valence-electron chi connectivity index (χ2n) is 7.05. The highest BCUT2D eigenvalue weighted by Crippen LogP contribution is 2.53. The van der Waals surface area contributed by atoms with E-state index in [1.807, 2.05) is 0 Å². The molecule has 1 unspecified atom stereocenters. The van der Waals surface area contributed by atoms with Crippen LogP contribution in [0, 0.1) is 11.3 Å².